The van der Waals surface area contributed by atoms with Crippen molar-refractivity contribution in [2.75, 3.05) is 62.4 Å². The van der Waals surface area contributed by atoms with Crippen LogP contribution in [0.15, 0.2) is 36.4 Å². The molecule has 3 aromatic rings. The molecule has 2 aliphatic rings. The lowest BCUT2D eigenvalue weighted by atomic mass is 10.1. The molecule has 0 saturated carbocycles. The van der Waals surface area contributed by atoms with Gasteiger partial charge in [-0.15, -0.1) is 0 Å². The molecule has 2 aliphatic heterocycles. The summed E-state index contributed by atoms with van der Waals surface area (Å²) in [6.45, 7) is 7.79. The third kappa shape index (κ3) is 4.04. The van der Waals surface area contributed by atoms with Crippen molar-refractivity contribution in [2.45, 2.75) is 19.8 Å². The topological polar surface area (TPSA) is 42.8 Å². The average Bonchev–Trinajstić information content (AvgIpc) is 3.24. The molecule has 1 aromatic heterocycles. The minimum atomic E-state index is -2.67. The number of morpholine rings is 2. The van der Waals surface area contributed by atoms with Crippen LogP contribution < -0.4 is 9.80 Å². The molecule has 0 spiro atoms. The highest BCUT2D eigenvalue weighted by Crippen LogP contribution is 2.34. The molecule has 0 unspecified atom stereocenters. The first-order chi connectivity index (χ1) is 15.6. The summed E-state index contributed by atoms with van der Waals surface area (Å²) in [5.41, 5.74) is 5.12. The Morgan fingerprint density at radius 3 is 1.94 bits per heavy atom. The Kier molecular flexibility index (Phi) is 5.97. The van der Waals surface area contributed by atoms with Crippen molar-refractivity contribution >= 4 is 22.4 Å². The molecule has 32 heavy (non-hydrogen) atoms. The maximum Gasteiger partial charge on any atom is 0.295 e. The third-order valence-electron chi connectivity index (χ3n) is 6.25. The van der Waals surface area contributed by atoms with Gasteiger partial charge in [-0.1, -0.05) is 13.0 Å². The number of hydrogen-bond donors (Lipinski definition) is 0. The number of aromatic nitrogens is 2. The minimum absolute atomic E-state index is 0.222. The lowest BCUT2D eigenvalue weighted by molar-refractivity contribution is 0.122. The highest BCUT2D eigenvalue weighted by atomic mass is 19.3. The predicted octanol–water partition coefficient (Wildman–Crippen LogP) is 4.20. The molecule has 0 N–H and O–H groups in total. The number of nitrogens with zero attached hydrogens (tertiary/aromatic N) is 4. The molecule has 2 aromatic carbocycles. The van der Waals surface area contributed by atoms with E-state index < -0.39 is 6.43 Å². The molecule has 0 radical (unpaired) electrons. The van der Waals surface area contributed by atoms with Crippen LogP contribution in [0.25, 0.3) is 16.7 Å². The number of fused-ring (bicyclic) bond motifs is 1. The molecule has 170 valence electrons. The number of alkyl halides is 2. The van der Waals surface area contributed by atoms with Crippen molar-refractivity contribution in [1.29, 1.82) is 0 Å². The summed E-state index contributed by atoms with van der Waals surface area (Å²) < 4.78 is 40.9. The van der Waals surface area contributed by atoms with Crippen molar-refractivity contribution in [2.24, 2.45) is 0 Å². The zero-order chi connectivity index (χ0) is 22.1. The van der Waals surface area contributed by atoms with Crippen molar-refractivity contribution in [3.05, 3.63) is 47.8 Å². The van der Waals surface area contributed by atoms with Crippen LogP contribution in [0.1, 0.15) is 24.7 Å². The lowest BCUT2D eigenvalue weighted by Gasteiger charge is -2.33. The van der Waals surface area contributed by atoms with Crippen LogP contribution in [0.5, 0.6) is 0 Å². The van der Waals surface area contributed by atoms with E-state index in [1.165, 1.54) is 0 Å². The monoisotopic (exact) mass is 442 g/mol. The largest absolute Gasteiger partial charge is 0.378 e. The van der Waals surface area contributed by atoms with Gasteiger partial charge in [-0.05, 0) is 42.3 Å². The Balaban J connectivity index is 1.67. The van der Waals surface area contributed by atoms with Crippen molar-refractivity contribution in [3.63, 3.8) is 0 Å². The van der Waals surface area contributed by atoms with Gasteiger partial charge in [0.15, 0.2) is 5.82 Å². The van der Waals surface area contributed by atoms with Gasteiger partial charge >= 0.3 is 0 Å². The van der Waals surface area contributed by atoms with E-state index in [0.717, 1.165) is 49.5 Å². The number of rotatable bonds is 5. The molecule has 3 heterocycles. The average molecular weight is 443 g/mol. The number of benzene rings is 2. The second kappa shape index (κ2) is 9.03. The van der Waals surface area contributed by atoms with E-state index in [1.807, 2.05) is 37.3 Å². The zero-order valence-corrected chi connectivity index (χ0v) is 18.3. The molecule has 6 nitrogen and oxygen atoms in total. The Morgan fingerprint density at radius 1 is 0.844 bits per heavy atom. The van der Waals surface area contributed by atoms with Crippen molar-refractivity contribution in [3.8, 4) is 5.69 Å². The van der Waals surface area contributed by atoms with Crippen LogP contribution in [0.4, 0.5) is 20.2 Å². The zero-order valence-electron chi connectivity index (χ0n) is 18.3. The maximum absolute atomic E-state index is 14.1. The number of aryl methyl sites for hydroxylation is 1. The van der Waals surface area contributed by atoms with Crippen LogP contribution >= 0.6 is 0 Å². The maximum atomic E-state index is 14.1. The fourth-order valence-corrected chi connectivity index (χ4v) is 4.50. The van der Waals surface area contributed by atoms with Gasteiger partial charge in [0.1, 0.15) is 0 Å². The van der Waals surface area contributed by atoms with E-state index >= 15 is 0 Å². The van der Waals surface area contributed by atoms with E-state index in [9.17, 15) is 8.78 Å². The fraction of sp³-hybridized carbons (Fsp3) is 0.458. The SMILES string of the molecule is CCc1ccc2c(c1)nc(C(F)F)n2-c1cc(N2CCOCC2)cc(N2CCOCC2)c1. The van der Waals surface area contributed by atoms with E-state index in [4.69, 9.17) is 9.47 Å². The smallest absolute Gasteiger partial charge is 0.295 e. The summed E-state index contributed by atoms with van der Waals surface area (Å²) in [6.07, 6.45) is -1.84. The van der Waals surface area contributed by atoms with Gasteiger partial charge in [0.25, 0.3) is 6.43 Å². The van der Waals surface area contributed by atoms with Gasteiger partial charge < -0.3 is 19.3 Å². The Morgan fingerprint density at radius 2 is 1.41 bits per heavy atom. The minimum Gasteiger partial charge on any atom is -0.378 e. The lowest BCUT2D eigenvalue weighted by Crippen LogP contribution is -2.38. The van der Waals surface area contributed by atoms with Crippen LogP contribution in [-0.2, 0) is 15.9 Å². The molecular weight excluding hydrogens is 414 g/mol. The molecular formula is C24H28F2N4O2. The van der Waals surface area contributed by atoms with Crippen LogP contribution in [-0.4, -0.2) is 62.2 Å². The van der Waals surface area contributed by atoms with Crippen LogP contribution in [0, 0.1) is 0 Å². The molecule has 0 aliphatic carbocycles. The summed E-state index contributed by atoms with van der Waals surface area (Å²) in [7, 11) is 0. The standard InChI is InChI=1S/C24H28F2N4O2/c1-2-17-3-4-22-21(13-17)27-24(23(25)26)30(22)20-15-18(28-5-9-31-10-6-28)14-19(16-20)29-7-11-32-12-8-29/h3-4,13-16,23H,2,5-12H2,1H3. The van der Waals surface area contributed by atoms with E-state index in [0.29, 0.717) is 43.1 Å². The van der Waals surface area contributed by atoms with Crippen molar-refractivity contribution in [1.82, 2.24) is 9.55 Å². The first-order valence-corrected chi connectivity index (χ1v) is 11.2. The Hall–Kier alpha value is -2.71. The van der Waals surface area contributed by atoms with Crippen LogP contribution in [0.3, 0.4) is 0 Å². The summed E-state index contributed by atoms with van der Waals surface area (Å²) in [5, 5.41) is 0. The first kappa shape index (κ1) is 21.2. The van der Waals surface area contributed by atoms with Gasteiger partial charge in [-0.25, -0.2) is 13.8 Å². The van der Waals surface area contributed by atoms with Crippen LogP contribution in [0.2, 0.25) is 0 Å². The van der Waals surface area contributed by atoms with Gasteiger partial charge in [0.2, 0.25) is 0 Å². The highest BCUT2D eigenvalue weighted by molar-refractivity contribution is 5.80. The Bertz CT molecular complexity index is 1050. The molecule has 0 bridgehead atoms. The van der Waals surface area contributed by atoms with E-state index in [1.54, 1.807) is 4.57 Å². The molecule has 8 heteroatoms. The number of halogens is 2. The highest BCUT2D eigenvalue weighted by Gasteiger charge is 2.23. The molecule has 5 rings (SSSR count). The number of ether oxygens (including phenoxy) is 2. The molecule has 0 atom stereocenters. The van der Waals surface area contributed by atoms with Gasteiger partial charge in [-0.3, -0.25) is 4.57 Å². The normalized spacial score (nSPS) is 17.5. The number of anilines is 2. The Labute approximate surface area is 186 Å². The molecule has 2 saturated heterocycles. The van der Waals surface area contributed by atoms with Gasteiger partial charge in [0, 0.05) is 37.6 Å². The number of imidazole rings is 1. The second-order valence-corrected chi connectivity index (χ2v) is 8.19. The van der Waals surface area contributed by atoms with Crippen molar-refractivity contribution < 1.29 is 18.3 Å². The summed E-state index contributed by atoms with van der Waals surface area (Å²) in [4.78, 5) is 8.84. The van der Waals surface area contributed by atoms with E-state index in [2.05, 4.69) is 20.9 Å². The van der Waals surface area contributed by atoms with E-state index in [-0.39, 0.29) is 5.82 Å². The fourth-order valence-electron chi connectivity index (χ4n) is 4.50. The predicted molar refractivity (Wildman–Crippen MR) is 121 cm³/mol. The quantitative estimate of drug-likeness (QED) is 0.593. The first-order valence-electron chi connectivity index (χ1n) is 11.2. The molecule has 2 fully saturated rings. The summed E-state index contributed by atoms with van der Waals surface area (Å²) in [5.74, 6) is -0.222. The molecule has 0 amide bonds. The number of hydrogen-bond acceptors (Lipinski definition) is 5. The van der Waals surface area contributed by atoms with Gasteiger partial charge in [0.05, 0.1) is 43.1 Å². The summed E-state index contributed by atoms with van der Waals surface area (Å²) in [6, 6.07) is 11.9. The van der Waals surface area contributed by atoms with Gasteiger partial charge in [-0.2, -0.15) is 0 Å². The second-order valence-electron chi connectivity index (χ2n) is 8.19. The third-order valence-corrected chi connectivity index (χ3v) is 6.25. The summed E-state index contributed by atoms with van der Waals surface area (Å²) >= 11 is 0.